The van der Waals surface area contributed by atoms with Crippen LogP contribution in [0.4, 0.5) is 0 Å². The SMILES string of the molecule is CCCCP(Cl)(CCO)(CCCC)CCCC. The fraction of sp³-hybridized carbons (Fsp3) is 1.00. The van der Waals surface area contributed by atoms with Crippen molar-refractivity contribution in [1.82, 2.24) is 0 Å². The van der Waals surface area contributed by atoms with Crippen molar-refractivity contribution < 1.29 is 5.11 Å². The topological polar surface area (TPSA) is 20.2 Å². The first kappa shape index (κ1) is 17.7. The van der Waals surface area contributed by atoms with Crippen LogP contribution in [0, 0.1) is 0 Å². The van der Waals surface area contributed by atoms with E-state index in [1.54, 1.807) is 0 Å². The van der Waals surface area contributed by atoms with E-state index in [-0.39, 0.29) is 6.61 Å². The summed E-state index contributed by atoms with van der Waals surface area (Å²) in [6.07, 6.45) is 11.8. The number of halogens is 1. The van der Waals surface area contributed by atoms with Gasteiger partial charge in [0.1, 0.15) is 0 Å². The third kappa shape index (κ3) is 6.41. The van der Waals surface area contributed by atoms with Crippen molar-refractivity contribution in [3.8, 4) is 0 Å². The van der Waals surface area contributed by atoms with Crippen LogP contribution in [0.1, 0.15) is 59.3 Å². The molecule has 0 aromatic rings. The molecule has 3 heteroatoms. The molecule has 17 heavy (non-hydrogen) atoms. The van der Waals surface area contributed by atoms with Gasteiger partial charge in [-0.15, -0.1) is 0 Å². The van der Waals surface area contributed by atoms with Crippen molar-refractivity contribution in [2.24, 2.45) is 0 Å². The van der Waals surface area contributed by atoms with Crippen molar-refractivity contribution in [3.63, 3.8) is 0 Å². The van der Waals surface area contributed by atoms with E-state index in [2.05, 4.69) is 20.8 Å². The summed E-state index contributed by atoms with van der Waals surface area (Å²) < 4.78 is 0. The first-order chi connectivity index (χ1) is 8.04. The predicted molar refractivity (Wildman–Crippen MR) is 84.1 cm³/mol. The summed E-state index contributed by atoms with van der Waals surface area (Å²) in [4.78, 5) is 0. The van der Waals surface area contributed by atoms with Gasteiger partial charge in [0, 0.05) is 0 Å². The normalized spacial score (nSPS) is 14.5. The number of unbranched alkanes of at least 4 members (excludes halogenated alkanes) is 3. The Morgan fingerprint density at radius 3 is 1.35 bits per heavy atom. The molecule has 0 aromatic carbocycles. The Bertz CT molecular complexity index is 172. The summed E-state index contributed by atoms with van der Waals surface area (Å²) in [5.41, 5.74) is 0. The second-order valence-electron chi connectivity index (χ2n) is 5.50. The molecule has 0 bridgehead atoms. The van der Waals surface area contributed by atoms with E-state index in [4.69, 9.17) is 11.2 Å². The molecule has 1 nitrogen and oxygen atoms in total. The molecule has 0 saturated heterocycles. The standard InChI is InChI=1S/C14H32ClOP/c1-4-7-11-17(15,14-10-16,12-8-5-2)13-9-6-3/h16H,4-14H2,1-3H3. The first-order valence-corrected chi connectivity index (χ1v) is 11.3. The van der Waals surface area contributed by atoms with E-state index in [9.17, 15) is 5.11 Å². The molecule has 0 heterocycles. The van der Waals surface area contributed by atoms with E-state index in [1.165, 1.54) is 57.0 Å². The summed E-state index contributed by atoms with van der Waals surface area (Å²) in [7, 11) is 0. The average Bonchev–Trinajstić information content (AvgIpc) is 2.33. The summed E-state index contributed by atoms with van der Waals surface area (Å²) >= 11 is 7.20. The minimum absolute atomic E-state index is 0.276. The van der Waals surface area contributed by atoms with Gasteiger partial charge in [-0.2, -0.15) is 0 Å². The van der Waals surface area contributed by atoms with Crippen molar-refractivity contribution in [2.75, 3.05) is 31.3 Å². The average molecular weight is 283 g/mol. The Kier molecular flexibility index (Phi) is 9.07. The molecule has 0 radical (unpaired) electrons. The molecule has 0 fully saturated rings. The van der Waals surface area contributed by atoms with Crippen LogP contribution in [0.15, 0.2) is 0 Å². The molecule has 0 aliphatic heterocycles. The van der Waals surface area contributed by atoms with Gasteiger partial charge >= 0.3 is 113 Å². The van der Waals surface area contributed by atoms with Crippen molar-refractivity contribution in [3.05, 3.63) is 0 Å². The van der Waals surface area contributed by atoms with Crippen LogP contribution in [0.3, 0.4) is 0 Å². The van der Waals surface area contributed by atoms with Gasteiger partial charge in [-0.1, -0.05) is 0 Å². The quantitative estimate of drug-likeness (QED) is 0.524. The first-order valence-electron chi connectivity index (χ1n) is 7.37. The zero-order chi connectivity index (χ0) is 13.2. The molecule has 0 aromatic heterocycles. The third-order valence-electron chi connectivity index (χ3n) is 3.87. The van der Waals surface area contributed by atoms with Crippen molar-refractivity contribution >= 4 is 17.2 Å². The van der Waals surface area contributed by atoms with Gasteiger partial charge in [0.2, 0.25) is 0 Å². The van der Waals surface area contributed by atoms with E-state index in [0.717, 1.165) is 6.16 Å². The monoisotopic (exact) mass is 282 g/mol. The minimum atomic E-state index is -2.12. The third-order valence-corrected chi connectivity index (χ3v) is 11.5. The van der Waals surface area contributed by atoms with Gasteiger partial charge in [-0.3, -0.25) is 0 Å². The Hall–Kier alpha value is 0.680. The van der Waals surface area contributed by atoms with Crippen molar-refractivity contribution in [2.45, 2.75) is 59.3 Å². The van der Waals surface area contributed by atoms with Gasteiger partial charge in [0.25, 0.3) is 0 Å². The number of aliphatic hydroxyl groups is 1. The fourth-order valence-corrected chi connectivity index (χ4v) is 9.04. The number of hydrogen-bond acceptors (Lipinski definition) is 1. The summed E-state index contributed by atoms with van der Waals surface area (Å²) in [5, 5.41) is 9.41. The molecule has 0 amide bonds. The molecule has 0 saturated carbocycles. The molecule has 0 aliphatic carbocycles. The van der Waals surface area contributed by atoms with Crippen LogP contribution < -0.4 is 0 Å². The molecular weight excluding hydrogens is 251 g/mol. The predicted octanol–water partition coefficient (Wildman–Crippen LogP) is 5.09. The number of hydrogen-bond donors (Lipinski definition) is 1. The van der Waals surface area contributed by atoms with Crippen LogP contribution in [-0.4, -0.2) is 36.4 Å². The molecule has 0 spiro atoms. The fourth-order valence-electron chi connectivity index (χ4n) is 2.58. The Balaban J connectivity index is 4.76. The molecule has 0 unspecified atom stereocenters. The summed E-state index contributed by atoms with van der Waals surface area (Å²) in [6.45, 7) is 6.97. The Labute approximate surface area is 113 Å². The van der Waals surface area contributed by atoms with Crippen LogP contribution in [0.25, 0.3) is 0 Å². The Morgan fingerprint density at radius 2 is 1.12 bits per heavy atom. The van der Waals surface area contributed by atoms with Gasteiger partial charge in [-0.05, 0) is 0 Å². The van der Waals surface area contributed by atoms with E-state index >= 15 is 0 Å². The zero-order valence-corrected chi connectivity index (χ0v) is 13.7. The molecule has 0 atom stereocenters. The molecule has 0 aliphatic rings. The number of aliphatic hydroxyl groups excluding tert-OH is 1. The van der Waals surface area contributed by atoms with Gasteiger partial charge in [0.05, 0.1) is 0 Å². The molecule has 106 valence electrons. The van der Waals surface area contributed by atoms with Crippen LogP contribution >= 0.6 is 17.2 Å². The number of rotatable bonds is 11. The van der Waals surface area contributed by atoms with Crippen LogP contribution in [0.2, 0.25) is 0 Å². The summed E-state index contributed by atoms with van der Waals surface area (Å²) in [6, 6.07) is 0. The maximum atomic E-state index is 9.41. The van der Waals surface area contributed by atoms with Gasteiger partial charge < -0.3 is 0 Å². The maximum absolute atomic E-state index is 9.41. The van der Waals surface area contributed by atoms with Crippen LogP contribution in [0.5, 0.6) is 0 Å². The molecule has 0 rings (SSSR count). The van der Waals surface area contributed by atoms with E-state index in [1.807, 2.05) is 0 Å². The van der Waals surface area contributed by atoms with Gasteiger partial charge in [0.15, 0.2) is 0 Å². The molecule has 1 N–H and O–H groups in total. The second-order valence-corrected chi connectivity index (χ2v) is 13.8. The second kappa shape index (κ2) is 8.73. The summed E-state index contributed by atoms with van der Waals surface area (Å²) in [5.74, 6) is -2.12. The molecular formula is C14H32ClOP. The van der Waals surface area contributed by atoms with E-state index < -0.39 is 5.96 Å². The zero-order valence-electron chi connectivity index (χ0n) is 12.1. The van der Waals surface area contributed by atoms with Crippen LogP contribution in [-0.2, 0) is 0 Å². The van der Waals surface area contributed by atoms with Gasteiger partial charge in [-0.25, -0.2) is 0 Å². The Morgan fingerprint density at radius 1 is 0.765 bits per heavy atom. The van der Waals surface area contributed by atoms with E-state index in [0.29, 0.717) is 0 Å². The van der Waals surface area contributed by atoms with Crippen molar-refractivity contribution in [1.29, 1.82) is 0 Å².